The molecule has 0 fully saturated rings. The van der Waals surface area contributed by atoms with Gasteiger partial charge in [-0.1, -0.05) is 29.8 Å². The summed E-state index contributed by atoms with van der Waals surface area (Å²) in [5.74, 6) is 0. The molecule has 0 aliphatic heterocycles. The van der Waals surface area contributed by atoms with Crippen LogP contribution in [0.2, 0.25) is 5.02 Å². The lowest BCUT2D eigenvalue weighted by atomic mass is 10.1. The molecule has 0 spiro atoms. The van der Waals surface area contributed by atoms with Gasteiger partial charge in [0.05, 0.1) is 5.38 Å². The van der Waals surface area contributed by atoms with Crippen LogP contribution in [0, 0.1) is 0 Å². The minimum atomic E-state index is -0.0668. The Hall–Kier alpha value is -1.05. The van der Waals surface area contributed by atoms with Crippen LogP contribution >= 0.6 is 23.2 Å². The highest BCUT2D eigenvalue weighted by Crippen LogP contribution is 2.27. The van der Waals surface area contributed by atoms with Crippen LogP contribution in [0.5, 0.6) is 0 Å². The zero-order valence-electron chi connectivity index (χ0n) is 8.61. The molecule has 1 aromatic carbocycles. The maximum Gasteiger partial charge on any atom is 0.0627 e. The van der Waals surface area contributed by atoms with Gasteiger partial charge in [-0.25, -0.2) is 0 Å². The molecular weight excluding hydrogens is 241 g/mol. The zero-order chi connectivity index (χ0) is 11.4. The van der Waals surface area contributed by atoms with Crippen molar-refractivity contribution < 1.29 is 0 Å². The Kier molecular flexibility index (Phi) is 3.81. The Morgan fingerprint density at radius 3 is 2.44 bits per heavy atom. The lowest BCUT2D eigenvalue weighted by molar-refractivity contribution is 0.916. The number of aromatic nitrogens is 1. The van der Waals surface area contributed by atoms with E-state index < -0.39 is 0 Å². The molecule has 1 unspecified atom stereocenters. The Balaban J connectivity index is 2.14. The third-order valence-electron chi connectivity index (χ3n) is 2.42. The van der Waals surface area contributed by atoms with Crippen molar-refractivity contribution in [2.45, 2.75) is 11.8 Å². The van der Waals surface area contributed by atoms with E-state index >= 15 is 0 Å². The van der Waals surface area contributed by atoms with Gasteiger partial charge in [0.25, 0.3) is 0 Å². The topological polar surface area (TPSA) is 12.9 Å². The third kappa shape index (κ3) is 2.75. The number of hydrogen-bond donors (Lipinski definition) is 0. The zero-order valence-corrected chi connectivity index (χ0v) is 10.1. The van der Waals surface area contributed by atoms with Crippen molar-refractivity contribution >= 4 is 23.2 Å². The normalized spacial score (nSPS) is 12.4. The van der Waals surface area contributed by atoms with Gasteiger partial charge in [0.15, 0.2) is 0 Å². The third-order valence-corrected chi connectivity index (χ3v) is 3.20. The first-order valence-electron chi connectivity index (χ1n) is 5.05. The van der Waals surface area contributed by atoms with Crippen LogP contribution in [0.15, 0.2) is 48.8 Å². The molecule has 0 amide bonds. The Bertz CT molecular complexity index is 456. The highest BCUT2D eigenvalue weighted by atomic mass is 35.5. The standard InChI is InChI=1S/C13H11Cl2N/c14-12-4-2-1-3-11(12)9-13(15)10-5-7-16-8-6-10/h1-8,13H,9H2. The summed E-state index contributed by atoms with van der Waals surface area (Å²) in [6.45, 7) is 0. The molecule has 16 heavy (non-hydrogen) atoms. The number of hydrogen-bond acceptors (Lipinski definition) is 1. The summed E-state index contributed by atoms with van der Waals surface area (Å²) < 4.78 is 0. The minimum Gasteiger partial charge on any atom is -0.265 e. The molecule has 82 valence electrons. The molecule has 0 saturated carbocycles. The fourth-order valence-corrected chi connectivity index (χ4v) is 2.07. The SMILES string of the molecule is Clc1ccccc1CC(Cl)c1ccncc1. The van der Waals surface area contributed by atoms with Crippen LogP contribution in [0.4, 0.5) is 0 Å². The first-order chi connectivity index (χ1) is 7.77. The van der Waals surface area contributed by atoms with E-state index in [9.17, 15) is 0 Å². The fourth-order valence-electron chi connectivity index (χ4n) is 1.55. The summed E-state index contributed by atoms with van der Waals surface area (Å²) in [4.78, 5) is 3.97. The van der Waals surface area contributed by atoms with Crippen LogP contribution in [-0.4, -0.2) is 4.98 Å². The number of halogens is 2. The largest absolute Gasteiger partial charge is 0.265 e. The van der Waals surface area contributed by atoms with Gasteiger partial charge < -0.3 is 0 Å². The van der Waals surface area contributed by atoms with Gasteiger partial charge in [-0.2, -0.15) is 0 Å². The van der Waals surface area contributed by atoms with Crippen LogP contribution in [-0.2, 0) is 6.42 Å². The van der Waals surface area contributed by atoms with Gasteiger partial charge in [0, 0.05) is 17.4 Å². The second-order valence-corrected chi connectivity index (χ2v) is 4.48. The fraction of sp³-hybridized carbons (Fsp3) is 0.154. The average Bonchev–Trinajstić information content (AvgIpc) is 2.33. The summed E-state index contributed by atoms with van der Waals surface area (Å²) in [6, 6.07) is 11.6. The van der Waals surface area contributed by atoms with E-state index in [1.54, 1.807) is 12.4 Å². The van der Waals surface area contributed by atoms with E-state index in [2.05, 4.69) is 4.98 Å². The monoisotopic (exact) mass is 251 g/mol. The molecule has 1 nitrogen and oxygen atoms in total. The van der Waals surface area contributed by atoms with E-state index in [0.29, 0.717) is 0 Å². The van der Waals surface area contributed by atoms with Crippen molar-refractivity contribution in [3.63, 3.8) is 0 Å². The van der Waals surface area contributed by atoms with E-state index in [0.717, 1.165) is 22.6 Å². The highest BCUT2D eigenvalue weighted by molar-refractivity contribution is 6.31. The molecule has 2 rings (SSSR count). The Labute approximate surface area is 105 Å². The molecule has 2 aromatic rings. The van der Waals surface area contributed by atoms with Crippen LogP contribution in [0.1, 0.15) is 16.5 Å². The van der Waals surface area contributed by atoms with Gasteiger partial charge in [-0.3, -0.25) is 4.98 Å². The minimum absolute atomic E-state index is 0.0668. The second-order valence-electron chi connectivity index (χ2n) is 3.54. The molecule has 0 radical (unpaired) electrons. The van der Waals surface area contributed by atoms with Crippen molar-refractivity contribution in [3.05, 3.63) is 64.9 Å². The molecule has 0 N–H and O–H groups in total. The molecular formula is C13H11Cl2N. The van der Waals surface area contributed by atoms with E-state index in [-0.39, 0.29) is 5.38 Å². The molecule has 1 heterocycles. The predicted molar refractivity (Wildman–Crippen MR) is 68.0 cm³/mol. The first kappa shape index (κ1) is 11.4. The Morgan fingerprint density at radius 2 is 1.75 bits per heavy atom. The summed E-state index contributed by atoms with van der Waals surface area (Å²) in [5, 5.41) is 0.699. The molecule has 3 heteroatoms. The molecule has 1 aromatic heterocycles. The van der Waals surface area contributed by atoms with Crippen LogP contribution in [0.3, 0.4) is 0 Å². The lowest BCUT2D eigenvalue weighted by Crippen LogP contribution is -1.96. The molecule has 0 saturated heterocycles. The number of nitrogens with zero attached hydrogens (tertiary/aromatic N) is 1. The van der Waals surface area contributed by atoms with Gasteiger partial charge >= 0.3 is 0 Å². The number of pyridine rings is 1. The van der Waals surface area contributed by atoms with Gasteiger partial charge in [0.1, 0.15) is 0 Å². The molecule has 1 atom stereocenters. The van der Waals surface area contributed by atoms with E-state index in [1.807, 2.05) is 36.4 Å². The van der Waals surface area contributed by atoms with Crippen molar-refractivity contribution in [1.29, 1.82) is 0 Å². The van der Waals surface area contributed by atoms with E-state index in [1.165, 1.54) is 0 Å². The molecule has 0 aliphatic carbocycles. The summed E-state index contributed by atoms with van der Waals surface area (Å²) in [5.41, 5.74) is 2.14. The quantitative estimate of drug-likeness (QED) is 0.744. The summed E-state index contributed by atoms with van der Waals surface area (Å²) >= 11 is 12.4. The van der Waals surface area contributed by atoms with E-state index in [4.69, 9.17) is 23.2 Å². The van der Waals surface area contributed by atoms with Gasteiger partial charge in [-0.15, -0.1) is 11.6 Å². The van der Waals surface area contributed by atoms with Crippen LogP contribution < -0.4 is 0 Å². The van der Waals surface area contributed by atoms with Crippen molar-refractivity contribution in [3.8, 4) is 0 Å². The summed E-state index contributed by atoms with van der Waals surface area (Å²) in [7, 11) is 0. The Morgan fingerprint density at radius 1 is 1.06 bits per heavy atom. The molecule has 0 aliphatic rings. The van der Waals surface area contributed by atoms with Crippen molar-refractivity contribution in [1.82, 2.24) is 4.98 Å². The number of rotatable bonds is 3. The van der Waals surface area contributed by atoms with Gasteiger partial charge in [0.2, 0.25) is 0 Å². The van der Waals surface area contributed by atoms with Crippen LogP contribution in [0.25, 0.3) is 0 Å². The number of benzene rings is 1. The maximum absolute atomic E-state index is 6.33. The lowest BCUT2D eigenvalue weighted by Gasteiger charge is -2.10. The predicted octanol–water partition coefficient (Wildman–Crippen LogP) is 4.26. The van der Waals surface area contributed by atoms with Crippen molar-refractivity contribution in [2.24, 2.45) is 0 Å². The smallest absolute Gasteiger partial charge is 0.0627 e. The summed E-state index contributed by atoms with van der Waals surface area (Å²) in [6.07, 6.45) is 4.22. The second kappa shape index (κ2) is 5.33. The van der Waals surface area contributed by atoms with Gasteiger partial charge in [-0.05, 0) is 35.7 Å². The highest BCUT2D eigenvalue weighted by Gasteiger charge is 2.10. The maximum atomic E-state index is 6.33. The average molecular weight is 252 g/mol. The number of alkyl halides is 1. The van der Waals surface area contributed by atoms with Crippen molar-refractivity contribution in [2.75, 3.05) is 0 Å². The first-order valence-corrected chi connectivity index (χ1v) is 5.86. The molecule has 0 bridgehead atoms.